The van der Waals surface area contributed by atoms with Crippen molar-refractivity contribution >= 4 is 11.9 Å². The van der Waals surface area contributed by atoms with Crippen molar-refractivity contribution < 1.29 is 14.7 Å². The number of aromatic nitrogens is 2. The van der Waals surface area contributed by atoms with Crippen molar-refractivity contribution in [2.24, 2.45) is 0 Å². The van der Waals surface area contributed by atoms with E-state index in [4.69, 9.17) is 5.11 Å². The zero-order valence-electron chi connectivity index (χ0n) is 10.0. The molecule has 0 aliphatic carbocycles. The van der Waals surface area contributed by atoms with Crippen LogP contribution in [0.3, 0.4) is 0 Å². The number of carboxylic acid groups (broad SMARTS) is 1. The second kappa shape index (κ2) is 5.38. The van der Waals surface area contributed by atoms with Crippen molar-refractivity contribution in [2.45, 2.75) is 26.8 Å². The molecule has 0 bridgehead atoms. The molecule has 6 nitrogen and oxygen atoms in total. The number of rotatable bonds is 4. The van der Waals surface area contributed by atoms with Gasteiger partial charge in [0.2, 0.25) is 0 Å². The first-order valence-corrected chi connectivity index (χ1v) is 5.23. The molecule has 0 spiro atoms. The number of hydrogen-bond acceptors (Lipinski definition) is 4. The highest BCUT2D eigenvalue weighted by Crippen LogP contribution is 2.09. The Balaban J connectivity index is 3.00. The molecule has 1 N–H and O–H groups in total. The summed E-state index contributed by atoms with van der Waals surface area (Å²) in [5, 5.41) is 8.77. The van der Waals surface area contributed by atoms with E-state index in [1.54, 1.807) is 20.8 Å². The number of carboxylic acids is 1. The number of amides is 1. The van der Waals surface area contributed by atoms with E-state index in [9.17, 15) is 9.59 Å². The van der Waals surface area contributed by atoms with Crippen molar-refractivity contribution in [3.63, 3.8) is 0 Å². The van der Waals surface area contributed by atoms with Crippen LogP contribution in [0.25, 0.3) is 0 Å². The lowest BCUT2D eigenvalue weighted by atomic mass is 10.2. The van der Waals surface area contributed by atoms with Crippen LogP contribution in [0.2, 0.25) is 0 Å². The molecule has 1 aromatic heterocycles. The molecule has 6 heteroatoms. The fraction of sp³-hybridized carbons (Fsp3) is 0.455. The van der Waals surface area contributed by atoms with E-state index in [1.807, 2.05) is 0 Å². The molecule has 0 saturated carbocycles. The third kappa shape index (κ3) is 3.24. The highest BCUT2D eigenvalue weighted by molar-refractivity contribution is 5.96. The molecule has 92 valence electrons. The van der Waals surface area contributed by atoms with Gasteiger partial charge in [-0.15, -0.1) is 0 Å². The summed E-state index contributed by atoms with van der Waals surface area (Å²) in [4.78, 5) is 31.8. The van der Waals surface area contributed by atoms with Crippen LogP contribution >= 0.6 is 0 Å². The number of nitrogens with zero attached hydrogens (tertiary/aromatic N) is 3. The molecule has 17 heavy (non-hydrogen) atoms. The molecule has 0 aliphatic heterocycles. The third-order valence-electron chi connectivity index (χ3n) is 2.33. The van der Waals surface area contributed by atoms with Gasteiger partial charge in [0.15, 0.2) is 0 Å². The predicted octanol–water partition coefficient (Wildman–Crippen LogP) is 0.720. The van der Waals surface area contributed by atoms with Gasteiger partial charge in [0.25, 0.3) is 5.91 Å². The summed E-state index contributed by atoms with van der Waals surface area (Å²) in [5.74, 6) is -1.40. The quantitative estimate of drug-likeness (QED) is 0.834. The van der Waals surface area contributed by atoms with Crippen LogP contribution in [0.4, 0.5) is 0 Å². The maximum atomic E-state index is 12.1. The molecule has 1 heterocycles. The van der Waals surface area contributed by atoms with Gasteiger partial charge in [-0.2, -0.15) is 0 Å². The van der Waals surface area contributed by atoms with Crippen LogP contribution < -0.4 is 0 Å². The summed E-state index contributed by atoms with van der Waals surface area (Å²) < 4.78 is 0. The first-order valence-electron chi connectivity index (χ1n) is 5.23. The van der Waals surface area contributed by atoms with E-state index in [2.05, 4.69) is 9.97 Å². The molecule has 1 amide bonds. The Morgan fingerprint density at radius 3 is 2.59 bits per heavy atom. The standard InChI is InChI=1S/C11H15N3O3/c1-7(2)14(5-10(15)16)11(17)9-4-12-6-13-8(9)3/h4,6-7H,5H2,1-3H3,(H,15,16). The normalized spacial score (nSPS) is 10.4. The molecule has 0 fully saturated rings. The lowest BCUT2D eigenvalue weighted by molar-refractivity contribution is -0.138. The summed E-state index contributed by atoms with van der Waals surface area (Å²) in [6.45, 7) is 4.89. The van der Waals surface area contributed by atoms with E-state index in [0.29, 0.717) is 11.3 Å². The van der Waals surface area contributed by atoms with E-state index >= 15 is 0 Å². The van der Waals surface area contributed by atoms with Gasteiger partial charge in [0.05, 0.1) is 11.3 Å². The number of hydrogen-bond donors (Lipinski definition) is 1. The highest BCUT2D eigenvalue weighted by atomic mass is 16.4. The van der Waals surface area contributed by atoms with Gasteiger partial charge >= 0.3 is 5.97 Å². The maximum absolute atomic E-state index is 12.1. The first-order chi connectivity index (χ1) is 7.93. The van der Waals surface area contributed by atoms with Crippen LogP contribution in [0.15, 0.2) is 12.5 Å². The summed E-state index contributed by atoms with van der Waals surface area (Å²) >= 11 is 0. The smallest absolute Gasteiger partial charge is 0.323 e. The van der Waals surface area contributed by atoms with E-state index in [-0.39, 0.29) is 18.5 Å². The maximum Gasteiger partial charge on any atom is 0.323 e. The van der Waals surface area contributed by atoms with Crippen LogP contribution in [0.5, 0.6) is 0 Å². The second-order valence-corrected chi connectivity index (χ2v) is 3.94. The van der Waals surface area contributed by atoms with Gasteiger partial charge in [-0.3, -0.25) is 9.59 Å². The van der Waals surface area contributed by atoms with Gasteiger partial charge in [-0.05, 0) is 20.8 Å². The van der Waals surface area contributed by atoms with Crippen molar-refractivity contribution in [1.29, 1.82) is 0 Å². The van der Waals surface area contributed by atoms with Crippen molar-refractivity contribution in [3.05, 3.63) is 23.8 Å². The Morgan fingerprint density at radius 1 is 1.47 bits per heavy atom. The topological polar surface area (TPSA) is 83.4 Å². The minimum atomic E-state index is -1.04. The molecule has 1 aromatic rings. The van der Waals surface area contributed by atoms with Crippen LogP contribution in [-0.4, -0.2) is 44.4 Å². The molecule has 0 saturated heterocycles. The van der Waals surface area contributed by atoms with E-state index in [1.165, 1.54) is 17.4 Å². The predicted molar refractivity (Wildman–Crippen MR) is 60.6 cm³/mol. The van der Waals surface area contributed by atoms with Gasteiger partial charge in [-0.25, -0.2) is 9.97 Å². The van der Waals surface area contributed by atoms with Gasteiger partial charge < -0.3 is 10.0 Å². The monoisotopic (exact) mass is 237 g/mol. The average molecular weight is 237 g/mol. The zero-order chi connectivity index (χ0) is 13.0. The van der Waals surface area contributed by atoms with Crippen molar-refractivity contribution in [2.75, 3.05) is 6.54 Å². The third-order valence-corrected chi connectivity index (χ3v) is 2.33. The molecule has 0 aliphatic rings. The zero-order valence-corrected chi connectivity index (χ0v) is 10.0. The van der Waals surface area contributed by atoms with Gasteiger partial charge in [0.1, 0.15) is 12.9 Å². The Morgan fingerprint density at radius 2 is 2.12 bits per heavy atom. The number of aryl methyl sites for hydroxylation is 1. The molecule has 1 rings (SSSR count). The SMILES string of the molecule is Cc1ncncc1C(=O)N(CC(=O)O)C(C)C. The molecule has 0 atom stereocenters. The lowest BCUT2D eigenvalue weighted by Crippen LogP contribution is -2.41. The first kappa shape index (κ1) is 13.1. The molecule has 0 radical (unpaired) electrons. The Kier molecular flexibility index (Phi) is 4.14. The number of aliphatic carboxylic acids is 1. The van der Waals surface area contributed by atoms with Gasteiger partial charge in [-0.1, -0.05) is 0 Å². The van der Waals surface area contributed by atoms with E-state index < -0.39 is 5.97 Å². The molecular formula is C11H15N3O3. The summed E-state index contributed by atoms with van der Waals surface area (Å²) in [7, 11) is 0. The summed E-state index contributed by atoms with van der Waals surface area (Å²) in [6, 6.07) is -0.196. The number of carbonyl (C=O) groups excluding carboxylic acids is 1. The van der Waals surface area contributed by atoms with Crippen molar-refractivity contribution in [1.82, 2.24) is 14.9 Å². The Hall–Kier alpha value is -1.98. The molecular weight excluding hydrogens is 222 g/mol. The van der Waals surface area contributed by atoms with E-state index in [0.717, 1.165) is 0 Å². The molecule has 0 unspecified atom stereocenters. The van der Waals surface area contributed by atoms with Crippen LogP contribution in [0.1, 0.15) is 29.9 Å². The van der Waals surface area contributed by atoms with Crippen molar-refractivity contribution in [3.8, 4) is 0 Å². The Labute approximate surface area is 99.3 Å². The minimum absolute atomic E-state index is 0.196. The second-order valence-electron chi connectivity index (χ2n) is 3.94. The fourth-order valence-corrected chi connectivity index (χ4v) is 1.39. The van der Waals surface area contributed by atoms with Gasteiger partial charge in [0, 0.05) is 12.2 Å². The van der Waals surface area contributed by atoms with Crippen LogP contribution in [0, 0.1) is 6.92 Å². The summed E-state index contributed by atoms with van der Waals surface area (Å²) in [6.07, 6.45) is 2.75. The number of carbonyl (C=O) groups is 2. The molecule has 0 aromatic carbocycles. The summed E-state index contributed by atoms with van der Waals surface area (Å²) in [5.41, 5.74) is 0.878. The minimum Gasteiger partial charge on any atom is -0.480 e. The largest absolute Gasteiger partial charge is 0.480 e. The fourth-order valence-electron chi connectivity index (χ4n) is 1.39. The van der Waals surface area contributed by atoms with Crippen LogP contribution in [-0.2, 0) is 4.79 Å². The average Bonchev–Trinajstić information content (AvgIpc) is 2.25. The highest BCUT2D eigenvalue weighted by Gasteiger charge is 2.22. The Bertz CT molecular complexity index is 432. The lowest BCUT2D eigenvalue weighted by Gasteiger charge is -2.25.